The number of hydrogen-bond donors (Lipinski definition) is 2. The highest BCUT2D eigenvalue weighted by atomic mass is 16.5. The number of aromatic nitrogens is 1. The molecule has 0 saturated heterocycles. The topological polar surface area (TPSA) is 63.6 Å². The molecule has 0 unspecified atom stereocenters. The molecule has 144 valence electrons. The van der Waals surface area contributed by atoms with Crippen LogP contribution in [0.15, 0.2) is 67.3 Å². The number of nitrogens with one attached hydrogen (secondary N) is 1. The fourth-order valence-corrected chi connectivity index (χ4v) is 2.92. The van der Waals surface area contributed by atoms with Crippen molar-refractivity contribution in [2.24, 2.45) is 0 Å². The van der Waals surface area contributed by atoms with Gasteiger partial charge in [-0.3, -0.25) is 0 Å². The molecule has 0 saturated carbocycles. The maximum Gasteiger partial charge on any atom is 0.161 e. The molecular formula is C23H24N2O3. The van der Waals surface area contributed by atoms with E-state index in [1.54, 1.807) is 18.2 Å². The molecule has 5 nitrogen and oxygen atoms in total. The summed E-state index contributed by atoms with van der Waals surface area (Å²) in [5.74, 6) is 2.05. The number of benzene rings is 2. The quantitative estimate of drug-likeness (QED) is 0.534. The molecule has 0 aliphatic rings. The number of rotatable bonds is 8. The smallest absolute Gasteiger partial charge is 0.161 e. The number of phenols is 1. The molecule has 0 amide bonds. The van der Waals surface area contributed by atoms with Gasteiger partial charge in [-0.2, -0.15) is 0 Å². The van der Waals surface area contributed by atoms with Crippen LogP contribution in [0, 0.1) is 0 Å². The summed E-state index contributed by atoms with van der Waals surface area (Å²) >= 11 is 0. The van der Waals surface area contributed by atoms with Crippen LogP contribution in [-0.4, -0.2) is 30.4 Å². The molecule has 5 heteroatoms. The van der Waals surface area contributed by atoms with Gasteiger partial charge in [0.05, 0.1) is 12.8 Å². The second kappa shape index (κ2) is 8.95. The summed E-state index contributed by atoms with van der Waals surface area (Å²) in [7, 11) is 1.53. The van der Waals surface area contributed by atoms with Crippen LogP contribution in [0.5, 0.6) is 17.2 Å². The standard InChI is InChI=1S/C23H24N2O3/c1-4-12-28-21-9-7-6-8-18(21)17-13-19(25-23(15-17)24-5-2)16-10-11-20(26)22(14-16)27-3/h4,6-11,13-15,26H,1,5,12H2,2-3H3,(H,24,25). The first kappa shape index (κ1) is 19.3. The third-order valence-electron chi connectivity index (χ3n) is 4.21. The lowest BCUT2D eigenvalue weighted by Crippen LogP contribution is -2.01. The Bertz CT molecular complexity index is 970. The number of hydrogen-bond acceptors (Lipinski definition) is 5. The Morgan fingerprint density at radius 3 is 2.64 bits per heavy atom. The number of ether oxygens (including phenoxy) is 2. The van der Waals surface area contributed by atoms with Crippen LogP contribution in [0.2, 0.25) is 0 Å². The lowest BCUT2D eigenvalue weighted by atomic mass is 10.0. The predicted octanol–water partition coefficient (Wildman–Crippen LogP) is 5.13. The van der Waals surface area contributed by atoms with E-state index in [0.717, 1.165) is 40.5 Å². The van der Waals surface area contributed by atoms with Crippen molar-refractivity contribution in [3.8, 4) is 39.6 Å². The highest BCUT2D eigenvalue weighted by molar-refractivity contribution is 5.78. The van der Waals surface area contributed by atoms with Crippen LogP contribution in [0.4, 0.5) is 5.82 Å². The summed E-state index contributed by atoms with van der Waals surface area (Å²) < 4.78 is 11.1. The zero-order valence-electron chi connectivity index (χ0n) is 16.1. The van der Waals surface area contributed by atoms with Crippen molar-refractivity contribution in [3.05, 3.63) is 67.3 Å². The number of phenolic OH excluding ortho intramolecular Hbond substituents is 1. The lowest BCUT2D eigenvalue weighted by Gasteiger charge is -2.14. The van der Waals surface area contributed by atoms with E-state index in [4.69, 9.17) is 14.5 Å². The van der Waals surface area contributed by atoms with E-state index in [2.05, 4.69) is 11.9 Å². The van der Waals surface area contributed by atoms with Gasteiger partial charge in [-0.05, 0) is 48.9 Å². The van der Waals surface area contributed by atoms with Crippen LogP contribution in [-0.2, 0) is 0 Å². The molecule has 0 aliphatic heterocycles. The molecule has 0 spiro atoms. The van der Waals surface area contributed by atoms with E-state index >= 15 is 0 Å². The maximum atomic E-state index is 9.89. The number of pyridine rings is 1. The maximum absolute atomic E-state index is 9.89. The molecule has 1 heterocycles. The minimum Gasteiger partial charge on any atom is -0.504 e. The third-order valence-corrected chi connectivity index (χ3v) is 4.21. The first-order chi connectivity index (χ1) is 13.7. The highest BCUT2D eigenvalue weighted by Crippen LogP contribution is 2.36. The number of nitrogens with zero attached hydrogens (tertiary/aromatic N) is 1. The minimum atomic E-state index is 0.0949. The Morgan fingerprint density at radius 1 is 1.07 bits per heavy atom. The summed E-state index contributed by atoms with van der Waals surface area (Å²) in [6, 6.07) is 17.1. The average Bonchev–Trinajstić information content (AvgIpc) is 2.73. The van der Waals surface area contributed by atoms with Crippen molar-refractivity contribution in [2.75, 3.05) is 25.6 Å². The van der Waals surface area contributed by atoms with Crippen molar-refractivity contribution in [1.82, 2.24) is 4.98 Å². The predicted molar refractivity (Wildman–Crippen MR) is 113 cm³/mol. The van der Waals surface area contributed by atoms with E-state index in [-0.39, 0.29) is 5.75 Å². The van der Waals surface area contributed by atoms with Gasteiger partial charge < -0.3 is 19.9 Å². The Labute approximate surface area is 165 Å². The molecular weight excluding hydrogens is 352 g/mol. The molecule has 3 rings (SSSR count). The largest absolute Gasteiger partial charge is 0.504 e. The normalized spacial score (nSPS) is 10.4. The zero-order valence-corrected chi connectivity index (χ0v) is 16.1. The van der Waals surface area contributed by atoms with Gasteiger partial charge in [-0.15, -0.1) is 0 Å². The van der Waals surface area contributed by atoms with Gasteiger partial charge in [0, 0.05) is 17.7 Å². The van der Waals surface area contributed by atoms with E-state index in [1.165, 1.54) is 7.11 Å². The molecule has 0 fully saturated rings. The molecule has 0 atom stereocenters. The second-order valence-electron chi connectivity index (χ2n) is 6.14. The Balaban J connectivity index is 2.12. The van der Waals surface area contributed by atoms with Crippen molar-refractivity contribution in [1.29, 1.82) is 0 Å². The Morgan fingerprint density at radius 2 is 1.89 bits per heavy atom. The van der Waals surface area contributed by atoms with E-state index in [1.807, 2.05) is 49.4 Å². The van der Waals surface area contributed by atoms with Gasteiger partial charge in [0.15, 0.2) is 11.5 Å². The second-order valence-corrected chi connectivity index (χ2v) is 6.14. The molecule has 0 bridgehead atoms. The van der Waals surface area contributed by atoms with Gasteiger partial charge in [0.2, 0.25) is 0 Å². The molecule has 3 aromatic rings. The van der Waals surface area contributed by atoms with Crippen LogP contribution >= 0.6 is 0 Å². The first-order valence-corrected chi connectivity index (χ1v) is 9.12. The molecule has 2 aromatic carbocycles. The Kier molecular flexibility index (Phi) is 6.17. The summed E-state index contributed by atoms with van der Waals surface area (Å²) in [4.78, 5) is 4.71. The van der Waals surface area contributed by atoms with Crippen molar-refractivity contribution in [3.63, 3.8) is 0 Å². The van der Waals surface area contributed by atoms with Crippen LogP contribution < -0.4 is 14.8 Å². The molecule has 1 aromatic heterocycles. The monoisotopic (exact) mass is 376 g/mol. The average molecular weight is 376 g/mol. The van der Waals surface area contributed by atoms with Crippen molar-refractivity contribution < 1.29 is 14.6 Å². The summed E-state index contributed by atoms with van der Waals surface area (Å²) in [6.07, 6.45) is 1.72. The van der Waals surface area contributed by atoms with Gasteiger partial charge in [-0.1, -0.05) is 30.9 Å². The van der Waals surface area contributed by atoms with E-state index in [0.29, 0.717) is 12.4 Å². The molecule has 2 N–H and O–H groups in total. The summed E-state index contributed by atoms with van der Waals surface area (Å²) in [5, 5.41) is 13.2. The van der Waals surface area contributed by atoms with Gasteiger partial charge in [0.25, 0.3) is 0 Å². The van der Waals surface area contributed by atoms with Gasteiger partial charge in [-0.25, -0.2) is 4.98 Å². The summed E-state index contributed by atoms with van der Waals surface area (Å²) in [5.41, 5.74) is 3.57. The van der Waals surface area contributed by atoms with Crippen LogP contribution in [0.1, 0.15) is 6.92 Å². The Hall–Kier alpha value is -3.47. The van der Waals surface area contributed by atoms with Gasteiger partial charge in [0.1, 0.15) is 18.2 Å². The number of para-hydroxylation sites is 1. The number of methoxy groups -OCH3 is 1. The van der Waals surface area contributed by atoms with Crippen molar-refractivity contribution in [2.45, 2.75) is 6.92 Å². The number of anilines is 1. The third kappa shape index (κ3) is 4.26. The first-order valence-electron chi connectivity index (χ1n) is 9.12. The van der Waals surface area contributed by atoms with E-state index < -0.39 is 0 Å². The fraction of sp³-hybridized carbons (Fsp3) is 0.174. The van der Waals surface area contributed by atoms with Crippen molar-refractivity contribution >= 4 is 5.82 Å². The van der Waals surface area contributed by atoms with Gasteiger partial charge >= 0.3 is 0 Å². The number of aromatic hydroxyl groups is 1. The SMILES string of the molecule is C=CCOc1ccccc1-c1cc(NCC)nc(-c2ccc(O)c(OC)c2)c1. The fourth-order valence-electron chi connectivity index (χ4n) is 2.92. The van der Waals surface area contributed by atoms with Crippen LogP contribution in [0.25, 0.3) is 22.4 Å². The molecule has 28 heavy (non-hydrogen) atoms. The molecule has 0 aliphatic carbocycles. The zero-order chi connectivity index (χ0) is 19.9. The highest BCUT2D eigenvalue weighted by Gasteiger charge is 2.12. The van der Waals surface area contributed by atoms with E-state index in [9.17, 15) is 5.11 Å². The minimum absolute atomic E-state index is 0.0949. The summed E-state index contributed by atoms with van der Waals surface area (Å²) in [6.45, 7) is 6.93. The lowest BCUT2D eigenvalue weighted by molar-refractivity contribution is 0.365. The van der Waals surface area contributed by atoms with Crippen LogP contribution in [0.3, 0.4) is 0 Å². The molecule has 0 radical (unpaired) electrons.